The van der Waals surface area contributed by atoms with Crippen molar-refractivity contribution >= 4 is 12.1 Å². The molecule has 0 spiro atoms. The van der Waals surface area contributed by atoms with Gasteiger partial charge in [0.2, 0.25) is 0 Å². The maximum atomic E-state index is 11.4. The SMILES string of the molecule is COC(=O)CC1CC(NCCNC(=O)OC(C)(C)C)C1. The van der Waals surface area contributed by atoms with Crippen molar-refractivity contribution in [3.8, 4) is 0 Å². The maximum absolute atomic E-state index is 11.4. The van der Waals surface area contributed by atoms with Crippen molar-refractivity contribution in [1.82, 2.24) is 10.6 Å². The Balaban J connectivity index is 1.99. The standard InChI is InChI=1S/C14H26N2O4/c1-14(2,3)20-13(18)16-6-5-15-11-7-10(8-11)9-12(17)19-4/h10-11,15H,5-9H2,1-4H3,(H,16,18). The third kappa shape index (κ3) is 6.75. The number of esters is 1. The number of ether oxygens (including phenoxy) is 2. The number of hydrogen-bond acceptors (Lipinski definition) is 5. The first-order valence-corrected chi connectivity index (χ1v) is 7.07. The van der Waals surface area contributed by atoms with Crippen LogP contribution in [0.5, 0.6) is 0 Å². The molecule has 0 radical (unpaired) electrons. The third-order valence-corrected chi connectivity index (χ3v) is 3.14. The van der Waals surface area contributed by atoms with Gasteiger partial charge in [-0.25, -0.2) is 4.79 Å². The lowest BCUT2D eigenvalue weighted by Crippen LogP contribution is -2.45. The van der Waals surface area contributed by atoms with Crippen LogP contribution in [-0.4, -0.2) is 43.9 Å². The molecule has 0 unspecified atom stereocenters. The van der Waals surface area contributed by atoms with E-state index in [0.29, 0.717) is 31.5 Å². The highest BCUT2D eigenvalue weighted by Gasteiger charge is 2.30. The summed E-state index contributed by atoms with van der Waals surface area (Å²) in [6.45, 7) is 6.74. The number of rotatable bonds is 6. The molecule has 0 atom stereocenters. The number of methoxy groups -OCH3 is 1. The van der Waals surface area contributed by atoms with Gasteiger partial charge in [-0.2, -0.15) is 0 Å². The second kappa shape index (κ2) is 7.47. The normalized spacial score (nSPS) is 21.8. The molecule has 1 aliphatic rings. The van der Waals surface area contributed by atoms with Crippen LogP contribution in [0.2, 0.25) is 0 Å². The molecule has 0 bridgehead atoms. The third-order valence-electron chi connectivity index (χ3n) is 3.14. The number of alkyl carbamates (subject to hydrolysis) is 1. The summed E-state index contributed by atoms with van der Waals surface area (Å²) in [5, 5.41) is 6.03. The van der Waals surface area contributed by atoms with Crippen LogP contribution in [0.3, 0.4) is 0 Å². The molecule has 1 fully saturated rings. The van der Waals surface area contributed by atoms with E-state index >= 15 is 0 Å². The van der Waals surface area contributed by atoms with Gasteiger partial charge in [-0.05, 0) is 39.5 Å². The number of hydrogen-bond donors (Lipinski definition) is 2. The molecule has 6 heteroatoms. The molecular weight excluding hydrogens is 260 g/mol. The van der Waals surface area contributed by atoms with Crippen LogP contribution >= 0.6 is 0 Å². The Bertz CT molecular complexity index is 333. The largest absolute Gasteiger partial charge is 0.469 e. The smallest absolute Gasteiger partial charge is 0.407 e. The topological polar surface area (TPSA) is 76.7 Å². The number of nitrogens with one attached hydrogen (secondary N) is 2. The summed E-state index contributed by atoms with van der Waals surface area (Å²) in [5.74, 6) is 0.291. The van der Waals surface area contributed by atoms with E-state index in [-0.39, 0.29) is 5.97 Å². The van der Waals surface area contributed by atoms with E-state index in [2.05, 4.69) is 15.4 Å². The fraction of sp³-hybridized carbons (Fsp3) is 0.857. The molecule has 6 nitrogen and oxygen atoms in total. The van der Waals surface area contributed by atoms with Gasteiger partial charge in [0.15, 0.2) is 0 Å². The predicted molar refractivity (Wildman–Crippen MR) is 75.4 cm³/mol. The highest BCUT2D eigenvalue weighted by Crippen LogP contribution is 2.30. The van der Waals surface area contributed by atoms with Gasteiger partial charge in [0, 0.05) is 25.6 Å². The van der Waals surface area contributed by atoms with Crippen molar-refractivity contribution < 1.29 is 19.1 Å². The Morgan fingerprint density at radius 1 is 1.20 bits per heavy atom. The maximum Gasteiger partial charge on any atom is 0.407 e. The Kier molecular flexibility index (Phi) is 6.26. The highest BCUT2D eigenvalue weighted by molar-refractivity contribution is 5.69. The lowest BCUT2D eigenvalue weighted by molar-refractivity contribution is -0.142. The Morgan fingerprint density at radius 2 is 1.85 bits per heavy atom. The summed E-state index contributed by atoms with van der Waals surface area (Å²) in [7, 11) is 1.42. The second-order valence-corrected chi connectivity index (χ2v) is 6.20. The van der Waals surface area contributed by atoms with Gasteiger partial charge >= 0.3 is 12.1 Å². The first-order valence-electron chi connectivity index (χ1n) is 7.07. The molecule has 2 N–H and O–H groups in total. The van der Waals surface area contributed by atoms with Crippen LogP contribution in [0.1, 0.15) is 40.0 Å². The summed E-state index contributed by atoms with van der Waals surface area (Å²) >= 11 is 0. The highest BCUT2D eigenvalue weighted by atomic mass is 16.6. The lowest BCUT2D eigenvalue weighted by Gasteiger charge is -2.35. The minimum Gasteiger partial charge on any atom is -0.469 e. The van der Waals surface area contributed by atoms with E-state index in [1.807, 2.05) is 20.8 Å². The minimum atomic E-state index is -0.466. The van der Waals surface area contributed by atoms with E-state index in [4.69, 9.17) is 4.74 Å². The van der Waals surface area contributed by atoms with Gasteiger partial charge < -0.3 is 20.1 Å². The Hall–Kier alpha value is -1.30. The van der Waals surface area contributed by atoms with Gasteiger partial charge in [0.1, 0.15) is 5.60 Å². The van der Waals surface area contributed by atoms with Crippen LogP contribution in [0, 0.1) is 5.92 Å². The summed E-state index contributed by atoms with van der Waals surface area (Å²) < 4.78 is 9.76. The van der Waals surface area contributed by atoms with Crippen LogP contribution in [0.15, 0.2) is 0 Å². The van der Waals surface area contributed by atoms with Crippen molar-refractivity contribution in [2.24, 2.45) is 5.92 Å². The van der Waals surface area contributed by atoms with Crippen LogP contribution in [0.4, 0.5) is 4.79 Å². The molecule has 1 saturated carbocycles. The molecule has 0 saturated heterocycles. The minimum absolute atomic E-state index is 0.139. The summed E-state index contributed by atoms with van der Waals surface area (Å²) in [5.41, 5.74) is -0.466. The first kappa shape index (κ1) is 16.8. The first-order chi connectivity index (χ1) is 9.30. The summed E-state index contributed by atoms with van der Waals surface area (Å²) in [6, 6.07) is 0.435. The summed E-state index contributed by atoms with van der Waals surface area (Å²) in [4.78, 5) is 22.4. The lowest BCUT2D eigenvalue weighted by atomic mass is 9.78. The molecule has 0 heterocycles. The average molecular weight is 286 g/mol. The number of carbonyl (C=O) groups is 2. The molecule has 0 aromatic carbocycles. The van der Waals surface area contributed by atoms with E-state index in [1.54, 1.807) is 0 Å². The fourth-order valence-electron chi connectivity index (χ4n) is 2.14. The van der Waals surface area contributed by atoms with Crippen LogP contribution in [-0.2, 0) is 14.3 Å². The molecular formula is C14H26N2O4. The number of carbonyl (C=O) groups excluding carboxylic acids is 2. The van der Waals surface area contributed by atoms with Crippen molar-refractivity contribution in [3.63, 3.8) is 0 Å². The zero-order chi connectivity index (χ0) is 15.2. The molecule has 0 aromatic rings. The molecule has 1 aliphatic carbocycles. The molecule has 116 valence electrons. The van der Waals surface area contributed by atoms with Gasteiger partial charge in [-0.3, -0.25) is 4.79 Å². The van der Waals surface area contributed by atoms with Crippen molar-refractivity contribution in [1.29, 1.82) is 0 Å². The Morgan fingerprint density at radius 3 is 2.40 bits per heavy atom. The molecule has 1 rings (SSSR count). The molecule has 0 aliphatic heterocycles. The predicted octanol–water partition coefficient (Wildman–Crippen LogP) is 1.44. The fourth-order valence-corrected chi connectivity index (χ4v) is 2.14. The summed E-state index contributed by atoms with van der Waals surface area (Å²) in [6.07, 6.45) is 2.09. The van der Waals surface area contributed by atoms with Gasteiger partial charge in [0.25, 0.3) is 0 Å². The van der Waals surface area contributed by atoms with E-state index < -0.39 is 11.7 Å². The molecule has 0 aromatic heterocycles. The Labute approximate surface area is 120 Å². The van der Waals surface area contributed by atoms with Gasteiger partial charge in [-0.15, -0.1) is 0 Å². The second-order valence-electron chi connectivity index (χ2n) is 6.20. The van der Waals surface area contributed by atoms with Gasteiger partial charge in [0.05, 0.1) is 7.11 Å². The van der Waals surface area contributed by atoms with E-state index in [9.17, 15) is 9.59 Å². The van der Waals surface area contributed by atoms with Crippen molar-refractivity contribution in [2.45, 2.75) is 51.7 Å². The van der Waals surface area contributed by atoms with E-state index in [1.165, 1.54) is 7.11 Å². The molecule has 20 heavy (non-hydrogen) atoms. The molecule has 1 amide bonds. The zero-order valence-electron chi connectivity index (χ0n) is 12.8. The monoisotopic (exact) mass is 286 g/mol. The van der Waals surface area contributed by atoms with Crippen LogP contribution in [0.25, 0.3) is 0 Å². The van der Waals surface area contributed by atoms with Crippen molar-refractivity contribution in [3.05, 3.63) is 0 Å². The average Bonchev–Trinajstić information content (AvgIpc) is 2.27. The quantitative estimate of drug-likeness (QED) is 0.571. The van der Waals surface area contributed by atoms with E-state index in [0.717, 1.165) is 12.8 Å². The van der Waals surface area contributed by atoms with Crippen molar-refractivity contribution in [2.75, 3.05) is 20.2 Å². The van der Waals surface area contributed by atoms with Crippen LogP contribution < -0.4 is 10.6 Å². The van der Waals surface area contributed by atoms with Gasteiger partial charge in [-0.1, -0.05) is 0 Å². The number of amides is 1. The zero-order valence-corrected chi connectivity index (χ0v) is 12.8.